The van der Waals surface area contributed by atoms with Crippen molar-refractivity contribution in [2.24, 2.45) is 11.8 Å². The van der Waals surface area contributed by atoms with E-state index < -0.39 is 0 Å². The van der Waals surface area contributed by atoms with Crippen LogP contribution >= 0.6 is 0 Å². The zero-order chi connectivity index (χ0) is 21.8. The van der Waals surface area contributed by atoms with Crippen molar-refractivity contribution in [2.45, 2.75) is 77.4 Å². The van der Waals surface area contributed by atoms with Crippen LogP contribution in [-0.2, 0) is 20.7 Å². The average Bonchev–Trinajstić information content (AvgIpc) is 3.07. The van der Waals surface area contributed by atoms with E-state index in [4.69, 9.17) is 4.74 Å². The largest absolute Gasteiger partial charge is 0.463 e. The molecule has 0 saturated heterocycles. The number of hydrogen-bond acceptors (Lipinski definition) is 4. The Morgan fingerprint density at radius 3 is 2.67 bits per heavy atom. The Labute approximate surface area is 181 Å². The normalized spacial score (nSPS) is 19.7. The van der Waals surface area contributed by atoms with Gasteiger partial charge in [0.1, 0.15) is 0 Å². The highest BCUT2D eigenvalue weighted by Gasteiger charge is 2.29. The van der Waals surface area contributed by atoms with Gasteiger partial charge in [0.05, 0.1) is 12.2 Å². The maximum atomic E-state index is 12.2. The first-order valence-corrected chi connectivity index (χ1v) is 11.2. The molecule has 3 atom stereocenters. The number of carbonyl (C=O) groups is 2. The zero-order valence-corrected chi connectivity index (χ0v) is 18.3. The first-order valence-electron chi connectivity index (χ1n) is 11.2. The third-order valence-corrected chi connectivity index (χ3v) is 5.51. The minimum atomic E-state index is -0.337. The number of rotatable bonds is 13. The van der Waals surface area contributed by atoms with Crippen molar-refractivity contribution in [1.29, 1.82) is 0 Å². The quantitative estimate of drug-likeness (QED) is 0.275. The summed E-state index contributed by atoms with van der Waals surface area (Å²) in [7, 11) is 0. The fraction of sp³-hybridized carbons (Fsp3) is 0.538. The standard InChI is InChI=1S/C26H36O4/c1-20(2)30-26(29)13-9-4-3-8-12-24-22(16-19-25(24)28)15-18-23(27)17-14-21-10-6-5-7-11-21/h3,5-8,10-11,16,19-20,22-24,27H,4,9,12-15,17-18H2,1-2H3/t22-,23+,24-/m1/s1. The van der Waals surface area contributed by atoms with Crippen LogP contribution in [0.4, 0.5) is 0 Å². The molecule has 1 N–H and O–H groups in total. The Bertz CT molecular complexity index is 705. The number of ether oxygens (including phenoxy) is 1. The summed E-state index contributed by atoms with van der Waals surface area (Å²) in [4.78, 5) is 23.7. The molecular weight excluding hydrogens is 376 g/mol. The number of allylic oxidation sites excluding steroid dienone is 4. The molecule has 1 aliphatic rings. The minimum Gasteiger partial charge on any atom is -0.463 e. The lowest BCUT2D eigenvalue weighted by molar-refractivity contribution is -0.147. The van der Waals surface area contributed by atoms with E-state index in [1.54, 1.807) is 6.08 Å². The summed E-state index contributed by atoms with van der Waals surface area (Å²) in [5, 5.41) is 10.3. The van der Waals surface area contributed by atoms with Crippen molar-refractivity contribution < 1.29 is 19.4 Å². The number of unbranched alkanes of at least 4 members (excludes halogenated alkanes) is 1. The van der Waals surface area contributed by atoms with Crippen LogP contribution < -0.4 is 0 Å². The van der Waals surface area contributed by atoms with Gasteiger partial charge in [0.2, 0.25) is 0 Å². The van der Waals surface area contributed by atoms with Gasteiger partial charge in [-0.2, -0.15) is 0 Å². The van der Waals surface area contributed by atoms with Crippen LogP contribution in [0.25, 0.3) is 0 Å². The molecule has 1 aromatic rings. The van der Waals surface area contributed by atoms with Gasteiger partial charge in [-0.15, -0.1) is 0 Å². The van der Waals surface area contributed by atoms with E-state index in [1.807, 2.05) is 38.1 Å². The van der Waals surface area contributed by atoms with Crippen molar-refractivity contribution in [1.82, 2.24) is 0 Å². The first-order chi connectivity index (χ1) is 14.5. The lowest BCUT2D eigenvalue weighted by Gasteiger charge is -2.18. The Morgan fingerprint density at radius 1 is 1.17 bits per heavy atom. The number of ketones is 1. The lowest BCUT2D eigenvalue weighted by Crippen LogP contribution is -2.17. The molecule has 0 amide bonds. The van der Waals surface area contributed by atoms with Crippen molar-refractivity contribution in [3.63, 3.8) is 0 Å². The van der Waals surface area contributed by atoms with Crippen LogP contribution in [0.3, 0.4) is 0 Å². The summed E-state index contributed by atoms with van der Waals surface area (Å²) in [6.07, 6.45) is 13.3. The maximum absolute atomic E-state index is 12.2. The van der Waals surface area contributed by atoms with Crippen molar-refractivity contribution in [3.05, 3.63) is 60.2 Å². The average molecular weight is 413 g/mol. The number of aliphatic hydroxyl groups is 1. The summed E-state index contributed by atoms with van der Waals surface area (Å²) in [5.41, 5.74) is 1.24. The van der Waals surface area contributed by atoms with Gasteiger partial charge in [0.15, 0.2) is 5.78 Å². The summed E-state index contributed by atoms with van der Waals surface area (Å²) < 4.78 is 5.12. The number of hydrogen-bond donors (Lipinski definition) is 1. The van der Waals surface area contributed by atoms with Crippen molar-refractivity contribution in [2.75, 3.05) is 0 Å². The molecule has 0 aromatic heterocycles. The van der Waals surface area contributed by atoms with E-state index >= 15 is 0 Å². The fourth-order valence-corrected chi connectivity index (χ4v) is 3.83. The smallest absolute Gasteiger partial charge is 0.306 e. The van der Waals surface area contributed by atoms with Crippen LogP contribution in [-0.4, -0.2) is 29.1 Å². The van der Waals surface area contributed by atoms with Gasteiger partial charge < -0.3 is 9.84 Å². The summed E-state index contributed by atoms with van der Waals surface area (Å²) in [5.74, 6) is 0.214. The highest BCUT2D eigenvalue weighted by Crippen LogP contribution is 2.30. The van der Waals surface area contributed by atoms with Gasteiger partial charge in [-0.1, -0.05) is 48.6 Å². The lowest BCUT2D eigenvalue weighted by atomic mass is 9.86. The summed E-state index contributed by atoms with van der Waals surface area (Å²) >= 11 is 0. The molecule has 0 unspecified atom stereocenters. The molecule has 30 heavy (non-hydrogen) atoms. The van der Waals surface area contributed by atoms with Crippen LogP contribution in [0.2, 0.25) is 0 Å². The molecular formula is C26H36O4. The third-order valence-electron chi connectivity index (χ3n) is 5.51. The molecule has 1 aliphatic carbocycles. The Kier molecular flexibility index (Phi) is 10.6. The Morgan fingerprint density at radius 2 is 1.93 bits per heavy atom. The molecule has 0 spiro atoms. The number of aryl methyl sites for hydroxylation is 1. The zero-order valence-electron chi connectivity index (χ0n) is 18.3. The number of benzene rings is 1. The summed E-state index contributed by atoms with van der Waals surface area (Å²) in [6, 6.07) is 10.2. The second-order valence-corrected chi connectivity index (χ2v) is 8.43. The molecule has 2 rings (SSSR count). The second kappa shape index (κ2) is 13.2. The van der Waals surface area contributed by atoms with E-state index in [2.05, 4.69) is 24.3 Å². The minimum absolute atomic E-state index is 0.0199. The molecule has 0 bridgehead atoms. The highest BCUT2D eigenvalue weighted by atomic mass is 16.5. The molecule has 164 valence electrons. The number of carbonyl (C=O) groups excluding carboxylic acids is 2. The van der Waals surface area contributed by atoms with E-state index in [0.717, 1.165) is 32.1 Å². The van der Waals surface area contributed by atoms with E-state index in [-0.39, 0.29) is 35.8 Å². The van der Waals surface area contributed by atoms with Crippen LogP contribution in [0.5, 0.6) is 0 Å². The van der Waals surface area contributed by atoms with E-state index in [0.29, 0.717) is 19.3 Å². The molecule has 4 nitrogen and oxygen atoms in total. The fourth-order valence-electron chi connectivity index (χ4n) is 3.83. The number of aliphatic hydroxyl groups excluding tert-OH is 1. The van der Waals surface area contributed by atoms with Gasteiger partial charge >= 0.3 is 5.97 Å². The van der Waals surface area contributed by atoms with Crippen LogP contribution in [0.1, 0.15) is 64.4 Å². The molecule has 0 fully saturated rings. The molecule has 0 radical (unpaired) electrons. The predicted molar refractivity (Wildman–Crippen MR) is 120 cm³/mol. The van der Waals surface area contributed by atoms with E-state index in [1.165, 1.54) is 5.56 Å². The first kappa shape index (κ1) is 24.1. The molecule has 4 heteroatoms. The highest BCUT2D eigenvalue weighted by molar-refractivity contribution is 5.94. The molecule has 0 heterocycles. The third kappa shape index (κ3) is 9.08. The van der Waals surface area contributed by atoms with Gasteiger partial charge in [0.25, 0.3) is 0 Å². The summed E-state index contributed by atoms with van der Waals surface area (Å²) in [6.45, 7) is 3.70. The van der Waals surface area contributed by atoms with Gasteiger partial charge in [-0.3, -0.25) is 9.59 Å². The maximum Gasteiger partial charge on any atom is 0.306 e. The van der Waals surface area contributed by atoms with Gasteiger partial charge in [0, 0.05) is 12.3 Å². The molecule has 0 saturated carbocycles. The predicted octanol–water partition coefficient (Wildman–Crippen LogP) is 5.20. The van der Waals surface area contributed by atoms with Gasteiger partial charge in [-0.25, -0.2) is 0 Å². The van der Waals surface area contributed by atoms with Gasteiger partial charge in [-0.05, 0) is 76.4 Å². The van der Waals surface area contributed by atoms with Crippen molar-refractivity contribution >= 4 is 11.8 Å². The molecule has 1 aromatic carbocycles. The van der Waals surface area contributed by atoms with Crippen LogP contribution in [0.15, 0.2) is 54.6 Å². The molecule has 0 aliphatic heterocycles. The second-order valence-electron chi connectivity index (χ2n) is 8.43. The van der Waals surface area contributed by atoms with Crippen molar-refractivity contribution in [3.8, 4) is 0 Å². The Hall–Kier alpha value is -2.20. The SMILES string of the molecule is CC(C)OC(=O)CCCC=CC[C@H]1C(=O)C=C[C@H]1CC[C@@H](O)CCc1ccccc1. The monoisotopic (exact) mass is 412 g/mol. The Balaban J connectivity index is 1.65. The van der Waals surface area contributed by atoms with E-state index in [9.17, 15) is 14.7 Å². The van der Waals surface area contributed by atoms with Crippen LogP contribution in [0, 0.1) is 11.8 Å². The number of esters is 1. The topological polar surface area (TPSA) is 63.6 Å².